The molecule has 0 bridgehead atoms. The SMILES string of the molecule is CO[C@H]1O[C@H](CO[Si](C)(C)C(C)(C)C)[C@@H](O)[C@H](O[Si](C)(C)C(C)(C)C)[C@@H]1O[Si](C)(C)C(C)(C)C. The fraction of sp³-hybridized carbons (Fsp3) is 1.00. The van der Waals surface area contributed by atoms with E-state index in [9.17, 15) is 5.11 Å². The van der Waals surface area contributed by atoms with E-state index < -0.39 is 55.7 Å². The van der Waals surface area contributed by atoms with Crippen molar-refractivity contribution in [2.24, 2.45) is 0 Å². The predicted octanol–water partition coefficient (Wildman–Crippen LogP) is 6.52. The van der Waals surface area contributed by atoms with Crippen molar-refractivity contribution in [3.63, 3.8) is 0 Å². The Morgan fingerprint density at radius 2 is 1.06 bits per heavy atom. The van der Waals surface area contributed by atoms with Crippen LogP contribution < -0.4 is 0 Å². The van der Waals surface area contributed by atoms with Gasteiger partial charge < -0.3 is 27.9 Å². The minimum atomic E-state index is -2.23. The Labute approximate surface area is 213 Å². The average molecular weight is 537 g/mol. The fourth-order valence-electron chi connectivity index (χ4n) is 3.02. The highest BCUT2D eigenvalue weighted by atomic mass is 28.4. The quantitative estimate of drug-likeness (QED) is 0.356. The average Bonchev–Trinajstić information content (AvgIpc) is 2.61. The molecular formula is C25H56O6Si3. The molecule has 1 aliphatic heterocycles. The minimum Gasteiger partial charge on any atom is -0.414 e. The van der Waals surface area contributed by atoms with Crippen molar-refractivity contribution in [1.82, 2.24) is 0 Å². The van der Waals surface area contributed by atoms with E-state index >= 15 is 0 Å². The van der Waals surface area contributed by atoms with Crippen LogP contribution in [0.5, 0.6) is 0 Å². The van der Waals surface area contributed by atoms with Crippen LogP contribution in [0.25, 0.3) is 0 Å². The van der Waals surface area contributed by atoms with Crippen molar-refractivity contribution in [1.29, 1.82) is 0 Å². The van der Waals surface area contributed by atoms with E-state index in [1.165, 1.54) is 0 Å². The lowest BCUT2D eigenvalue weighted by Gasteiger charge is -2.51. The molecule has 1 N–H and O–H groups in total. The van der Waals surface area contributed by atoms with E-state index in [0.717, 1.165) is 0 Å². The molecule has 1 rings (SSSR count). The molecule has 34 heavy (non-hydrogen) atoms. The summed E-state index contributed by atoms with van der Waals surface area (Å²) in [5.41, 5.74) is 0. The van der Waals surface area contributed by atoms with Crippen LogP contribution >= 0.6 is 0 Å². The third-order valence-electron chi connectivity index (χ3n) is 8.74. The monoisotopic (exact) mass is 536 g/mol. The maximum Gasteiger partial charge on any atom is 0.192 e. The zero-order chi connectivity index (χ0) is 27.1. The van der Waals surface area contributed by atoms with Gasteiger partial charge in [-0.1, -0.05) is 62.3 Å². The van der Waals surface area contributed by atoms with Crippen molar-refractivity contribution in [2.45, 2.75) is 147 Å². The van der Waals surface area contributed by atoms with Gasteiger partial charge in [-0.2, -0.15) is 0 Å². The van der Waals surface area contributed by atoms with E-state index in [0.29, 0.717) is 6.61 Å². The third-order valence-corrected chi connectivity index (χ3v) is 22.2. The smallest absolute Gasteiger partial charge is 0.192 e. The molecule has 1 heterocycles. The molecule has 0 aromatic heterocycles. The second-order valence-electron chi connectivity index (χ2n) is 14.5. The van der Waals surface area contributed by atoms with Gasteiger partial charge in [0.2, 0.25) is 0 Å². The first-order chi connectivity index (χ1) is 14.9. The predicted molar refractivity (Wildman–Crippen MR) is 149 cm³/mol. The molecule has 0 aliphatic carbocycles. The summed E-state index contributed by atoms with van der Waals surface area (Å²) in [6, 6.07) is 0. The number of aliphatic hydroxyl groups is 1. The van der Waals surface area contributed by atoms with E-state index in [2.05, 4.69) is 102 Å². The number of hydrogen-bond donors (Lipinski definition) is 1. The lowest BCUT2D eigenvalue weighted by atomic mass is 9.99. The van der Waals surface area contributed by atoms with Crippen LogP contribution in [0.4, 0.5) is 0 Å². The Kier molecular flexibility index (Phi) is 10.2. The summed E-state index contributed by atoms with van der Waals surface area (Å²) in [7, 11) is -4.80. The molecule has 0 radical (unpaired) electrons. The van der Waals surface area contributed by atoms with Crippen molar-refractivity contribution in [2.75, 3.05) is 13.7 Å². The molecule has 0 unspecified atom stereocenters. The first kappa shape index (κ1) is 32.4. The summed E-state index contributed by atoms with van der Waals surface area (Å²) in [4.78, 5) is 0. The van der Waals surface area contributed by atoms with Crippen LogP contribution in [0.3, 0.4) is 0 Å². The Morgan fingerprint density at radius 1 is 0.676 bits per heavy atom. The van der Waals surface area contributed by atoms with Crippen LogP contribution in [0.2, 0.25) is 54.4 Å². The topological polar surface area (TPSA) is 66.4 Å². The minimum absolute atomic E-state index is 0.0000593. The van der Waals surface area contributed by atoms with Gasteiger partial charge in [0.1, 0.15) is 24.4 Å². The molecule has 6 nitrogen and oxygen atoms in total. The van der Waals surface area contributed by atoms with Gasteiger partial charge in [0.25, 0.3) is 0 Å². The highest BCUT2D eigenvalue weighted by molar-refractivity contribution is 6.75. The van der Waals surface area contributed by atoms with Gasteiger partial charge in [0, 0.05) is 7.11 Å². The Balaban J connectivity index is 3.36. The molecule has 0 saturated carbocycles. The Hall–Kier alpha value is 0.411. The van der Waals surface area contributed by atoms with E-state index in [4.69, 9.17) is 22.8 Å². The van der Waals surface area contributed by atoms with Crippen LogP contribution in [0, 0.1) is 0 Å². The van der Waals surface area contributed by atoms with Crippen molar-refractivity contribution in [3.05, 3.63) is 0 Å². The normalized spacial score (nSPS) is 28.3. The first-order valence-electron chi connectivity index (χ1n) is 12.7. The summed E-state index contributed by atoms with van der Waals surface area (Å²) < 4.78 is 32.3. The molecule has 0 amide bonds. The standard InChI is InChI=1S/C25H56O6Si3/c1-23(2,3)32(11,12)28-17-18-19(26)20(30-33(13,14)24(4,5)6)21(22(27-10)29-18)31-34(15,16)25(7,8)9/h18-22,26H,17H2,1-16H3/t18-,19-,20+,21+,22+/m1/s1. The van der Waals surface area contributed by atoms with Gasteiger partial charge in [-0.3, -0.25) is 0 Å². The van der Waals surface area contributed by atoms with Gasteiger partial charge in [-0.25, -0.2) is 0 Å². The molecule has 0 aromatic carbocycles. The zero-order valence-corrected chi connectivity index (χ0v) is 28.1. The molecule has 9 heteroatoms. The van der Waals surface area contributed by atoms with E-state index in [1.807, 2.05) is 0 Å². The number of aliphatic hydroxyl groups excluding tert-OH is 1. The van der Waals surface area contributed by atoms with Crippen LogP contribution in [0.1, 0.15) is 62.3 Å². The fourth-order valence-corrected chi connectivity index (χ4v) is 6.62. The summed E-state index contributed by atoms with van der Waals surface area (Å²) in [6.45, 7) is 33.5. The molecule has 204 valence electrons. The van der Waals surface area contributed by atoms with Gasteiger partial charge >= 0.3 is 0 Å². The van der Waals surface area contributed by atoms with Crippen molar-refractivity contribution < 1.29 is 27.9 Å². The largest absolute Gasteiger partial charge is 0.414 e. The third kappa shape index (κ3) is 7.47. The molecule has 1 fully saturated rings. The number of methoxy groups -OCH3 is 1. The van der Waals surface area contributed by atoms with Crippen molar-refractivity contribution in [3.8, 4) is 0 Å². The lowest BCUT2D eigenvalue weighted by Crippen LogP contribution is -2.66. The number of ether oxygens (including phenoxy) is 2. The highest BCUT2D eigenvalue weighted by Crippen LogP contribution is 2.43. The van der Waals surface area contributed by atoms with Gasteiger partial charge in [0.05, 0.1) is 6.61 Å². The molecule has 5 atom stereocenters. The molecule has 1 aliphatic rings. The van der Waals surface area contributed by atoms with Gasteiger partial charge in [0.15, 0.2) is 31.2 Å². The highest BCUT2D eigenvalue weighted by Gasteiger charge is 2.54. The molecule has 0 aromatic rings. The maximum absolute atomic E-state index is 11.6. The first-order valence-corrected chi connectivity index (χ1v) is 21.5. The summed E-state index contributed by atoms with van der Waals surface area (Å²) >= 11 is 0. The lowest BCUT2D eigenvalue weighted by molar-refractivity contribution is -0.287. The Morgan fingerprint density at radius 3 is 1.41 bits per heavy atom. The zero-order valence-electron chi connectivity index (χ0n) is 25.1. The second-order valence-corrected chi connectivity index (χ2v) is 28.8. The molecule has 0 spiro atoms. The van der Waals surface area contributed by atoms with E-state index in [-0.39, 0.29) is 15.1 Å². The van der Waals surface area contributed by atoms with E-state index in [1.54, 1.807) is 7.11 Å². The number of hydrogen-bond acceptors (Lipinski definition) is 6. The second kappa shape index (κ2) is 10.6. The maximum atomic E-state index is 11.6. The van der Waals surface area contributed by atoms with Gasteiger partial charge in [-0.15, -0.1) is 0 Å². The van der Waals surface area contributed by atoms with Crippen LogP contribution in [-0.4, -0.2) is 74.5 Å². The summed E-state index contributed by atoms with van der Waals surface area (Å²) in [5.74, 6) is 0. The van der Waals surface area contributed by atoms with Crippen LogP contribution in [0.15, 0.2) is 0 Å². The summed E-state index contributed by atoms with van der Waals surface area (Å²) in [5, 5.41) is 11.7. The van der Waals surface area contributed by atoms with Crippen molar-refractivity contribution >= 4 is 25.0 Å². The van der Waals surface area contributed by atoms with Crippen LogP contribution in [-0.2, 0) is 22.8 Å². The summed E-state index contributed by atoms with van der Waals surface area (Å²) in [6.07, 6.45) is -3.13. The molecule has 1 saturated heterocycles. The molecular weight excluding hydrogens is 481 g/mol. The number of rotatable bonds is 8. The van der Waals surface area contributed by atoms with Gasteiger partial charge in [-0.05, 0) is 54.4 Å². The Bertz CT molecular complexity index is 661.